The van der Waals surface area contributed by atoms with Crippen LogP contribution in [0, 0.1) is 13.8 Å². The van der Waals surface area contributed by atoms with Gasteiger partial charge in [-0.05, 0) is 42.5 Å². The third-order valence-electron chi connectivity index (χ3n) is 4.52. The summed E-state index contributed by atoms with van der Waals surface area (Å²) in [5, 5.41) is 6.87. The number of urea groups is 1. The molecule has 0 saturated carbocycles. The summed E-state index contributed by atoms with van der Waals surface area (Å²) in [5.74, 6) is 0. The summed E-state index contributed by atoms with van der Waals surface area (Å²) >= 11 is 3.30. The lowest BCUT2D eigenvalue weighted by Crippen LogP contribution is -2.50. The zero-order valence-corrected chi connectivity index (χ0v) is 15.9. The molecule has 0 bridgehead atoms. The normalized spacial score (nSPS) is 15.0. The molecule has 4 rings (SSSR count). The molecule has 0 unspecified atom stereocenters. The van der Waals surface area contributed by atoms with E-state index in [-0.39, 0.29) is 6.03 Å². The summed E-state index contributed by atoms with van der Waals surface area (Å²) in [6.45, 7) is 7.30. The Morgan fingerprint density at radius 1 is 1.12 bits per heavy atom. The van der Waals surface area contributed by atoms with Gasteiger partial charge in [0.25, 0.3) is 0 Å². The molecule has 5 nitrogen and oxygen atoms in total. The van der Waals surface area contributed by atoms with Gasteiger partial charge >= 0.3 is 6.03 Å². The average Bonchev–Trinajstić information content (AvgIpc) is 3.28. The SMILES string of the molecule is Cc1ccc(C)c2sc(N3CCN(C(=O)Nc4cccs4)CC3)nc12. The predicted molar refractivity (Wildman–Crippen MR) is 106 cm³/mol. The van der Waals surface area contributed by atoms with E-state index in [1.807, 2.05) is 22.4 Å². The van der Waals surface area contributed by atoms with E-state index >= 15 is 0 Å². The third-order valence-corrected chi connectivity index (χ3v) is 6.56. The number of thiazole rings is 1. The van der Waals surface area contributed by atoms with Crippen LogP contribution in [0.1, 0.15) is 11.1 Å². The van der Waals surface area contributed by atoms with Gasteiger partial charge in [0.2, 0.25) is 0 Å². The summed E-state index contributed by atoms with van der Waals surface area (Å²) in [6.07, 6.45) is 0. The van der Waals surface area contributed by atoms with Crippen molar-refractivity contribution in [3.8, 4) is 0 Å². The van der Waals surface area contributed by atoms with Gasteiger partial charge in [0, 0.05) is 26.2 Å². The fraction of sp³-hybridized carbons (Fsp3) is 0.333. The standard InChI is InChI=1S/C18H20N4OS2/c1-12-5-6-13(2)16-15(12)20-18(25-16)22-9-7-21(8-10-22)17(23)19-14-4-3-11-24-14/h3-6,11H,7-10H2,1-2H3,(H,19,23). The van der Waals surface area contributed by atoms with Gasteiger partial charge in [-0.2, -0.15) is 0 Å². The maximum Gasteiger partial charge on any atom is 0.322 e. The first-order chi connectivity index (χ1) is 12.1. The largest absolute Gasteiger partial charge is 0.345 e. The number of piperazine rings is 1. The Hall–Kier alpha value is -2.12. The molecule has 7 heteroatoms. The number of amides is 2. The molecule has 1 aliphatic rings. The van der Waals surface area contributed by atoms with Crippen molar-refractivity contribution in [3.63, 3.8) is 0 Å². The molecule has 1 aromatic carbocycles. The molecule has 3 heterocycles. The Kier molecular flexibility index (Phi) is 4.35. The van der Waals surface area contributed by atoms with Crippen LogP contribution in [0.5, 0.6) is 0 Å². The van der Waals surface area contributed by atoms with E-state index in [1.54, 1.807) is 22.7 Å². The van der Waals surface area contributed by atoms with E-state index in [1.165, 1.54) is 15.8 Å². The van der Waals surface area contributed by atoms with E-state index < -0.39 is 0 Å². The highest BCUT2D eigenvalue weighted by atomic mass is 32.1. The average molecular weight is 373 g/mol. The van der Waals surface area contributed by atoms with Crippen molar-refractivity contribution in [1.29, 1.82) is 0 Å². The highest BCUT2D eigenvalue weighted by molar-refractivity contribution is 7.22. The van der Waals surface area contributed by atoms with Crippen LogP contribution in [-0.4, -0.2) is 42.1 Å². The molecule has 3 aromatic rings. The van der Waals surface area contributed by atoms with Crippen LogP contribution in [0.3, 0.4) is 0 Å². The first-order valence-electron chi connectivity index (χ1n) is 8.33. The fourth-order valence-electron chi connectivity index (χ4n) is 3.02. The smallest absolute Gasteiger partial charge is 0.322 e. The maximum absolute atomic E-state index is 12.3. The summed E-state index contributed by atoms with van der Waals surface area (Å²) in [7, 11) is 0. The van der Waals surface area contributed by atoms with Crippen molar-refractivity contribution in [2.45, 2.75) is 13.8 Å². The van der Waals surface area contributed by atoms with Gasteiger partial charge in [-0.25, -0.2) is 9.78 Å². The van der Waals surface area contributed by atoms with Crippen molar-refractivity contribution in [3.05, 3.63) is 40.8 Å². The van der Waals surface area contributed by atoms with E-state index in [4.69, 9.17) is 4.98 Å². The van der Waals surface area contributed by atoms with Crippen LogP contribution in [0.15, 0.2) is 29.6 Å². The Bertz CT molecular complexity index is 856. The molecule has 1 aliphatic heterocycles. The van der Waals surface area contributed by atoms with E-state index in [9.17, 15) is 4.79 Å². The van der Waals surface area contributed by atoms with Gasteiger partial charge in [-0.3, -0.25) is 5.32 Å². The molecule has 1 N–H and O–H groups in total. The zero-order chi connectivity index (χ0) is 17.4. The van der Waals surface area contributed by atoms with Gasteiger partial charge in [0.05, 0.1) is 15.2 Å². The van der Waals surface area contributed by atoms with Crippen molar-refractivity contribution in [2.75, 3.05) is 36.4 Å². The molecule has 0 radical (unpaired) electrons. The van der Waals surface area contributed by atoms with Gasteiger partial charge < -0.3 is 9.80 Å². The number of hydrogen-bond donors (Lipinski definition) is 1. The number of rotatable bonds is 2. The minimum atomic E-state index is -0.0157. The van der Waals surface area contributed by atoms with Crippen molar-refractivity contribution < 1.29 is 4.79 Å². The minimum absolute atomic E-state index is 0.0157. The Morgan fingerprint density at radius 2 is 1.88 bits per heavy atom. The summed E-state index contributed by atoms with van der Waals surface area (Å²) < 4.78 is 1.27. The molecule has 0 spiro atoms. The van der Waals surface area contributed by atoms with Crippen LogP contribution in [0.2, 0.25) is 0 Å². The molecule has 1 saturated heterocycles. The second-order valence-corrected chi connectivity index (χ2v) is 8.18. The van der Waals surface area contributed by atoms with E-state index in [0.29, 0.717) is 13.1 Å². The topological polar surface area (TPSA) is 48.5 Å². The number of aryl methyl sites for hydroxylation is 2. The van der Waals surface area contributed by atoms with Gasteiger partial charge in [0.15, 0.2) is 5.13 Å². The monoisotopic (exact) mass is 372 g/mol. The minimum Gasteiger partial charge on any atom is -0.345 e. The summed E-state index contributed by atoms with van der Waals surface area (Å²) in [4.78, 5) is 21.3. The van der Waals surface area contributed by atoms with Gasteiger partial charge in [-0.15, -0.1) is 11.3 Å². The maximum atomic E-state index is 12.3. The molecule has 25 heavy (non-hydrogen) atoms. The van der Waals surface area contributed by atoms with Crippen molar-refractivity contribution in [2.24, 2.45) is 0 Å². The lowest BCUT2D eigenvalue weighted by atomic mass is 10.1. The third kappa shape index (κ3) is 3.21. The molecular formula is C18H20N4OS2. The number of carbonyl (C=O) groups excluding carboxylic acids is 1. The fourth-order valence-corrected chi connectivity index (χ4v) is 4.79. The van der Waals surface area contributed by atoms with Crippen LogP contribution < -0.4 is 10.2 Å². The molecule has 0 aliphatic carbocycles. The number of nitrogens with zero attached hydrogens (tertiary/aromatic N) is 3. The number of carbonyl (C=O) groups is 1. The van der Waals surface area contributed by atoms with Crippen LogP contribution in [-0.2, 0) is 0 Å². The molecule has 1 fully saturated rings. The second kappa shape index (κ2) is 6.65. The van der Waals surface area contributed by atoms with Crippen LogP contribution in [0.4, 0.5) is 14.9 Å². The van der Waals surface area contributed by atoms with Crippen molar-refractivity contribution in [1.82, 2.24) is 9.88 Å². The van der Waals surface area contributed by atoms with Crippen LogP contribution in [0.25, 0.3) is 10.2 Å². The highest BCUT2D eigenvalue weighted by Crippen LogP contribution is 2.33. The van der Waals surface area contributed by atoms with Crippen molar-refractivity contribution >= 4 is 49.1 Å². The summed E-state index contributed by atoms with van der Waals surface area (Å²) in [6, 6.07) is 8.14. The number of anilines is 2. The molecule has 2 amide bonds. The number of nitrogens with one attached hydrogen (secondary N) is 1. The van der Waals surface area contributed by atoms with E-state index in [0.717, 1.165) is 28.7 Å². The zero-order valence-electron chi connectivity index (χ0n) is 14.3. The lowest BCUT2D eigenvalue weighted by Gasteiger charge is -2.34. The number of benzene rings is 1. The molecule has 130 valence electrons. The number of aromatic nitrogens is 1. The Labute approximate surface area is 154 Å². The quantitative estimate of drug-likeness (QED) is 0.728. The van der Waals surface area contributed by atoms with Gasteiger partial charge in [0.1, 0.15) is 0 Å². The highest BCUT2D eigenvalue weighted by Gasteiger charge is 2.23. The molecular weight excluding hydrogens is 352 g/mol. The first kappa shape index (κ1) is 16.4. The Balaban J connectivity index is 1.44. The van der Waals surface area contributed by atoms with Crippen LogP contribution >= 0.6 is 22.7 Å². The molecule has 2 aromatic heterocycles. The number of thiophene rings is 1. The second-order valence-electron chi connectivity index (χ2n) is 6.26. The number of fused-ring (bicyclic) bond motifs is 1. The molecule has 0 atom stereocenters. The Morgan fingerprint density at radius 3 is 2.56 bits per heavy atom. The number of hydrogen-bond acceptors (Lipinski definition) is 5. The summed E-state index contributed by atoms with van der Waals surface area (Å²) in [5.41, 5.74) is 3.60. The van der Waals surface area contributed by atoms with Gasteiger partial charge in [-0.1, -0.05) is 23.5 Å². The lowest BCUT2D eigenvalue weighted by molar-refractivity contribution is 0.208. The van der Waals surface area contributed by atoms with E-state index in [2.05, 4.69) is 36.2 Å². The predicted octanol–water partition coefficient (Wildman–Crippen LogP) is 4.33. The first-order valence-corrected chi connectivity index (χ1v) is 10.0.